The molecule has 0 saturated carbocycles. The summed E-state index contributed by atoms with van der Waals surface area (Å²) in [5, 5.41) is 3.26. The molecule has 102 valence electrons. The molecule has 2 unspecified atom stereocenters. The zero-order valence-corrected chi connectivity index (χ0v) is 13.1. The Morgan fingerprint density at radius 2 is 1.83 bits per heavy atom. The summed E-state index contributed by atoms with van der Waals surface area (Å²) in [6, 6.07) is 9.88. The Morgan fingerprint density at radius 3 is 2.33 bits per heavy atom. The molecule has 0 heterocycles. The molecule has 0 amide bonds. The third-order valence-corrected chi connectivity index (χ3v) is 4.28. The number of hydrogen-bond acceptors (Lipinski definition) is 3. The van der Waals surface area contributed by atoms with E-state index in [1.165, 1.54) is 23.4 Å². The Balaban J connectivity index is 2.66. The number of thioether (sulfide) groups is 1. The Bertz CT molecular complexity index is 337. The standard InChI is InChI=1S/C15H26N2S/c1-12(10-11-18-5)17(4)15-8-6-14(7-9-15)13(2)16-3/h6-9,12-13,16H,10-11H2,1-5H3. The minimum atomic E-state index is 0.415. The molecule has 1 aromatic carbocycles. The molecule has 0 aliphatic rings. The number of nitrogens with one attached hydrogen (secondary N) is 1. The van der Waals surface area contributed by atoms with Gasteiger partial charge in [-0.25, -0.2) is 0 Å². The lowest BCUT2D eigenvalue weighted by atomic mass is 10.1. The van der Waals surface area contributed by atoms with E-state index >= 15 is 0 Å². The highest BCUT2D eigenvalue weighted by Crippen LogP contribution is 2.20. The molecule has 0 spiro atoms. The van der Waals surface area contributed by atoms with Gasteiger partial charge in [0.15, 0.2) is 0 Å². The van der Waals surface area contributed by atoms with Crippen molar-refractivity contribution in [2.24, 2.45) is 0 Å². The van der Waals surface area contributed by atoms with Gasteiger partial charge in [0.25, 0.3) is 0 Å². The van der Waals surface area contributed by atoms with E-state index in [1.54, 1.807) is 0 Å². The minimum absolute atomic E-state index is 0.415. The summed E-state index contributed by atoms with van der Waals surface area (Å²) in [5.41, 5.74) is 2.64. The molecule has 2 nitrogen and oxygen atoms in total. The van der Waals surface area contributed by atoms with E-state index < -0.39 is 0 Å². The van der Waals surface area contributed by atoms with E-state index in [4.69, 9.17) is 0 Å². The summed E-state index contributed by atoms with van der Waals surface area (Å²) >= 11 is 1.92. The van der Waals surface area contributed by atoms with Crippen molar-refractivity contribution in [2.45, 2.75) is 32.4 Å². The maximum absolute atomic E-state index is 3.26. The molecule has 0 bridgehead atoms. The van der Waals surface area contributed by atoms with Crippen molar-refractivity contribution >= 4 is 17.4 Å². The van der Waals surface area contributed by atoms with Crippen LogP contribution in [0.3, 0.4) is 0 Å². The van der Waals surface area contributed by atoms with Crippen molar-refractivity contribution in [1.82, 2.24) is 5.32 Å². The van der Waals surface area contributed by atoms with Crippen LogP contribution < -0.4 is 10.2 Å². The van der Waals surface area contributed by atoms with Gasteiger partial charge in [-0.15, -0.1) is 0 Å². The van der Waals surface area contributed by atoms with E-state index in [9.17, 15) is 0 Å². The molecule has 2 atom stereocenters. The first-order valence-electron chi connectivity index (χ1n) is 6.59. The lowest BCUT2D eigenvalue weighted by molar-refractivity contribution is 0.650. The van der Waals surface area contributed by atoms with Crippen LogP contribution >= 0.6 is 11.8 Å². The lowest BCUT2D eigenvalue weighted by Crippen LogP contribution is -2.29. The van der Waals surface area contributed by atoms with Crippen LogP contribution in [0, 0.1) is 0 Å². The van der Waals surface area contributed by atoms with Gasteiger partial charge in [0.1, 0.15) is 0 Å². The van der Waals surface area contributed by atoms with Gasteiger partial charge in [-0.1, -0.05) is 12.1 Å². The smallest absolute Gasteiger partial charge is 0.0366 e. The van der Waals surface area contributed by atoms with Crippen molar-refractivity contribution in [3.05, 3.63) is 29.8 Å². The second-order valence-corrected chi connectivity index (χ2v) is 5.83. The molecule has 0 aromatic heterocycles. The van der Waals surface area contributed by atoms with E-state index in [1.807, 2.05) is 18.8 Å². The van der Waals surface area contributed by atoms with Gasteiger partial charge in [-0.3, -0.25) is 0 Å². The fourth-order valence-corrected chi connectivity index (χ4v) is 2.48. The summed E-state index contributed by atoms with van der Waals surface area (Å²) in [6.45, 7) is 4.47. The molecule has 0 aliphatic carbocycles. The summed E-state index contributed by atoms with van der Waals surface area (Å²) in [6.07, 6.45) is 3.40. The monoisotopic (exact) mass is 266 g/mol. The normalized spacial score (nSPS) is 14.3. The van der Waals surface area contributed by atoms with Crippen molar-refractivity contribution in [2.75, 3.05) is 31.0 Å². The number of anilines is 1. The van der Waals surface area contributed by atoms with Crippen LogP contribution in [0.15, 0.2) is 24.3 Å². The Hall–Kier alpha value is -0.670. The fourth-order valence-electron chi connectivity index (χ4n) is 1.90. The Morgan fingerprint density at radius 1 is 1.22 bits per heavy atom. The highest BCUT2D eigenvalue weighted by atomic mass is 32.2. The van der Waals surface area contributed by atoms with Gasteiger partial charge in [-0.2, -0.15) is 11.8 Å². The van der Waals surface area contributed by atoms with Crippen LogP contribution in [0.5, 0.6) is 0 Å². The second kappa shape index (κ2) is 7.70. The van der Waals surface area contributed by atoms with Crippen molar-refractivity contribution in [3.63, 3.8) is 0 Å². The maximum atomic E-state index is 3.26. The van der Waals surface area contributed by atoms with Gasteiger partial charge in [0.2, 0.25) is 0 Å². The summed E-state index contributed by atoms with van der Waals surface area (Å²) < 4.78 is 0. The quantitative estimate of drug-likeness (QED) is 0.812. The van der Waals surface area contributed by atoms with E-state index in [0.29, 0.717) is 12.1 Å². The lowest BCUT2D eigenvalue weighted by Gasteiger charge is -2.27. The van der Waals surface area contributed by atoms with Crippen LogP contribution in [-0.2, 0) is 0 Å². The molecule has 0 radical (unpaired) electrons. The van der Waals surface area contributed by atoms with Crippen LogP contribution in [-0.4, -0.2) is 32.1 Å². The first kappa shape index (κ1) is 15.4. The van der Waals surface area contributed by atoms with Crippen LogP contribution in [0.4, 0.5) is 5.69 Å². The Kier molecular flexibility index (Phi) is 6.58. The molecule has 18 heavy (non-hydrogen) atoms. The van der Waals surface area contributed by atoms with E-state index in [-0.39, 0.29) is 0 Å². The predicted octanol–water partition coefficient (Wildman–Crippen LogP) is 3.54. The Labute approximate surface area is 116 Å². The number of rotatable bonds is 7. The number of benzene rings is 1. The molecule has 1 rings (SSSR count). The topological polar surface area (TPSA) is 15.3 Å². The average molecular weight is 266 g/mol. The van der Waals surface area contributed by atoms with Crippen molar-refractivity contribution in [3.8, 4) is 0 Å². The summed E-state index contributed by atoms with van der Waals surface area (Å²) in [5.74, 6) is 1.22. The highest BCUT2D eigenvalue weighted by Gasteiger charge is 2.10. The van der Waals surface area contributed by atoms with Crippen molar-refractivity contribution in [1.29, 1.82) is 0 Å². The van der Waals surface area contributed by atoms with Crippen molar-refractivity contribution < 1.29 is 0 Å². The van der Waals surface area contributed by atoms with Gasteiger partial charge < -0.3 is 10.2 Å². The third kappa shape index (κ3) is 4.21. The van der Waals surface area contributed by atoms with Gasteiger partial charge in [0.05, 0.1) is 0 Å². The fraction of sp³-hybridized carbons (Fsp3) is 0.600. The predicted molar refractivity (Wildman–Crippen MR) is 84.8 cm³/mol. The van der Waals surface area contributed by atoms with Gasteiger partial charge in [-0.05, 0) is 57.0 Å². The maximum Gasteiger partial charge on any atom is 0.0366 e. The second-order valence-electron chi connectivity index (χ2n) is 4.84. The molecular formula is C15H26N2S. The van der Waals surface area contributed by atoms with Crippen LogP contribution in [0.2, 0.25) is 0 Å². The van der Waals surface area contributed by atoms with Crippen LogP contribution in [0.1, 0.15) is 31.9 Å². The zero-order valence-electron chi connectivity index (χ0n) is 12.2. The molecule has 1 N–H and O–H groups in total. The van der Waals surface area contributed by atoms with Crippen LogP contribution in [0.25, 0.3) is 0 Å². The first-order valence-corrected chi connectivity index (χ1v) is 7.98. The summed E-state index contributed by atoms with van der Waals surface area (Å²) in [7, 11) is 4.18. The minimum Gasteiger partial charge on any atom is -0.372 e. The number of hydrogen-bond donors (Lipinski definition) is 1. The molecule has 3 heteroatoms. The van der Waals surface area contributed by atoms with E-state index in [2.05, 4.69) is 61.6 Å². The molecule has 0 saturated heterocycles. The third-order valence-electron chi connectivity index (χ3n) is 3.63. The summed E-state index contributed by atoms with van der Waals surface area (Å²) in [4.78, 5) is 2.37. The SMILES string of the molecule is CNC(C)c1ccc(N(C)C(C)CCSC)cc1. The average Bonchev–Trinajstić information content (AvgIpc) is 2.43. The van der Waals surface area contributed by atoms with Gasteiger partial charge in [0, 0.05) is 24.8 Å². The zero-order chi connectivity index (χ0) is 13.5. The largest absolute Gasteiger partial charge is 0.372 e. The highest BCUT2D eigenvalue weighted by molar-refractivity contribution is 7.98. The van der Waals surface area contributed by atoms with Gasteiger partial charge >= 0.3 is 0 Å². The first-order chi connectivity index (χ1) is 8.60. The molecule has 1 aromatic rings. The molecule has 0 aliphatic heterocycles. The molecular weight excluding hydrogens is 240 g/mol. The van der Waals surface area contributed by atoms with E-state index in [0.717, 1.165) is 0 Å². The molecule has 0 fully saturated rings. The number of nitrogens with zero attached hydrogens (tertiary/aromatic N) is 1.